The molecular formula is C17H17F3N2O. The monoisotopic (exact) mass is 322 g/mol. The first kappa shape index (κ1) is 16.0. The van der Waals surface area contributed by atoms with E-state index in [2.05, 4.69) is 9.88 Å². The molecule has 0 unspecified atom stereocenters. The Morgan fingerprint density at radius 3 is 2.65 bits per heavy atom. The number of aromatic nitrogens is 1. The van der Waals surface area contributed by atoms with Crippen LogP contribution in [0.5, 0.6) is 0 Å². The van der Waals surface area contributed by atoms with E-state index in [1.165, 1.54) is 12.1 Å². The molecule has 0 bridgehead atoms. The molecule has 0 saturated carbocycles. The summed E-state index contributed by atoms with van der Waals surface area (Å²) in [5.41, 5.74) is 0.479. The summed E-state index contributed by atoms with van der Waals surface area (Å²) < 4.78 is 45.1. The molecule has 1 aliphatic heterocycles. The molecule has 1 saturated heterocycles. The minimum atomic E-state index is -4.37. The van der Waals surface area contributed by atoms with E-state index in [9.17, 15) is 13.2 Å². The average Bonchev–Trinajstić information content (AvgIpc) is 2.55. The number of morpholine rings is 1. The largest absolute Gasteiger partial charge is 0.416 e. The van der Waals surface area contributed by atoms with Gasteiger partial charge in [-0.3, -0.25) is 9.88 Å². The third kappa shape index (κ3) is 3.89. The Bertz CT molecular complexity index is 646. The molecule has 0 aliphatic carbocycles. The first-order valence-corrected chi connectivity index (χ1v) is 7.44. The molecule has 1 aromatic heterocycles. The predicted molar refractivity (Wildman–Crippen MR) is 79.7 cm³/mol. The summed E-state index contributed by atoms with van der Waals surface area (Å²) in [7, 11) is 0. The molecular weight excluding hydrogens is 305 g/mol. The van der Waals surface area contributed by atoms with Crippen LogP contribution < -0.4 is 0 Å². The second kappa shape index (κ2) is 6.68. The zero-order valence-electron chi connectivity index (χ0n) is 12.5. The van der Waals surface area contributed by atoms with Crippen molar-refractivity contribution in [3.63, 3.8) is 0 Å². The number of hydrogen-bond donors (Lipinski definition) is 0. The second-order valence-electron chi connectivity index (χ2n) is 5.50. The molecule has 2 aromatic rings. The topological polar surface area (TPSA) is 25.4 Å². The molecule has 23 heavy (non-hydrogen) atoms. The molecule has 0 amide bonds. The molecule has 0 radical (unpaired) electrons. The Balaban J connectivity index is 1.77. The van der Waals surface area contributed by atoms with E-state index in [1.54, 1.807) is 12.3 Å². The van der Waals surface area contributed by atoms with Crippen LogP contribution in [0, 0.1) is 0 Å². The Kier molecular flexibility index (Phi) is 4.63. The molecule has 1 atom stereocenters. The molecule has 6 heteroatoms. The minimum absolute atomic E-state index is 0.200. The van der Waals surface area contributed by atoms with Gasteiger partial charge in [0.15, 0.2) is 0 Å². The van der Waals surface area contributed by atoms with Crippen LogP contribution in [-0.4, -0.2) is 29.6 Å². The number of halogens is 3. The van der Waals surface area contributed by atoms with Crippen LogP contribution in [0.3, 0.4) is 0 Å². The normalized spacial score (nSPS) is 19.7. The fourth-order valence-corrected chi connectivity index (χ4v) is 2.79. The van der Waals surface area contributed by atoms with E-state index >= 15 is 0 Å². The fourth-order valence-electron chi connectivity index (χ4n) is 2.79. The maximum absolute atomic E-state index is 13.2. The first-order valence-electron chi connectivity index (χ1n) is 7.44. The fraction of sp³-hybridized carbons (Fsp3) is 0.353. The predicted octanol–water partition coefficient (Wildman–Crippen LogP) is 3.67. The van der Waals surface area contributed by atoms with Gasteiger partial charge in [0.25, 0.3) is 0 Å². The van der Waals surface area contributed by atoms with Gasteiger partial charge in [-0.1, -0.05) is 24.3 Å². The summed E-state index contributed by atoms with van der Waals surface area (Å²) in [6, 6.07) is 11.3. The van der Waals surface area contributed by atoms with Gasteiger partial charge in [-0.25, -0.2) is 0 Å². The molecule has 0 N–H and O–H groups in total. The van der Waals surface area contributed by atoms with Crippen LogP contribution in [0.15, 0.2) is 48.7 Å². The Morgan fingerprint density at radius 1 is 1.13 bits per heavy atom. The number of hydrogen-bond acceptors (Lipinski definition) is 3. The van der Waals surface area contributed by atoms with E-state index in [0.717, 1.165) is 11.8 Å². The molecule has 0 spiro atoms. The van der Waals surface area contributed by atoms with Crippen LogP contribution in [-0.2, 0) is 17.5 Å². The van der Waals surface area contributed by atoms with Gasteiger partial charge in [0.2, 0.25) is 0 Å². The number of pyridine rings is 1. The Labute approximate surface area is 132 Å². The molecule has 2 heterocycles. The van der Waals surface area contributed by atoms with Crippen molar-refractivity contribution in [3.8, 4) is 0 Å². The quantitative estimate of drug-likeness (QED) is 0.862. The van der Waals surface area contributed by atoms with Crippen molar-refractivity contribution in [1.29, 1.82) is 0 Å². The highest BCUT2D eigenvalue weighted by Gasteiger charge is 2.36. The van der Waals surface area contributed by atoms with Crippen molar-refractivity contribution >= 4 is 0 Å². The molecule has 3 rings (SSSR count). The third-order valence-corrected chi connectivity index (χ3v) is 3.88. The lowest BCUT2D eigenvalue weighted by Gasteiger charge is -2.34. The van der Waals surface area contributed by atoms with Gasteiger partial charge in [0, 0.05) is 25.8 Å². The van der Waals surface area contributed by atoms with Gasteiger partial charge in [-0.2, -0.15) is 13.2 Å². The zero-order chi connectivity index (χ0) is 16.3. The lowest BCUT2D eigenvalue weighted by molar-refractivity contribution is -0.140. The van der Waals surface area contributed by atoms with E-state index in [0.29, 0.717) is 26.2 Å². The van der Waals surface area contributed by atoms with Gasteiger partial charge in [-0.05, 0) is 23.8 Å². The van der Waals surface area contributed by atoms with E-state index in [1.807, 2.05) is 18.2 Å². The van der Waals surface area contributed by atoms with Crippen LogP contribution in [0.2, 0.25) is 0 Å². The standard InChI is InChI=1S/C17H17F3N2O/c18-17(19,20)15-7-2-1-6-14(15)16-12-22(9-10-23-16)11-13-5-3-4-8-21-13/h1-8,16H,9-12H2/t16-/m0/s1. The highest BCUT2D eigenvalue weighted by molar-refractivity contribution is 5.32. The summed E-state index contributed by atoms with van der Waals surface area (Å²) in [5, 5.41) is 0. The van der Waals surface area contributed by atoms with Crippen LogP contribution in [0.1, 0.15) is 22.9 Å². The molecule has 122 valence electrons. The van der Waals surface area contributed by atoms with Crippen molar-refractivity contribution < 1.29 is 17.9 Å². The van der Waals surface area contributed by atoms with Crippen molar-refractivity contribution in [3.05, 3.63) is 65.5 Å². The third-order valence-electron chi connectivity index (χ3n) is 3.88. The average molecular weight is 322 g/mol. The van der Waals surface area contributed by atoms with Gasteiger partial charge in [-0.15, -0.1) is 0 Å². The van der Waals surface area contributed by atoms with Crippen LogP contribution >= 0.6 is 0 Å². The van der Waals surface area contributed by atoms with Crippen molar-refractivity contribution in [2.75, 3.05) is 19.7 Å². The zero-order valence-corrected chi connectivity index (χ0v) is 12.5. The SMILES string of the molecule is FC(F)(F)c1ccccc1[C@@H]1CN(Cc2ccccn2)CCO1. The number of nitrogens with zero attached hydrogens (tertiary/aromatic N) is 2. The summed E-state index contributed by atoms with van der Waals surface area (Å²) in [4.78, 5) is 6.34. The maximum Gasteiger partial charge on any atom is 0.416 e. The summed E-state index contributed by atoms with van der Waals surface area (Å²) in [6.45, 7) is 2.11. The van der Waals surface area contributed by atoms with E-state index in [4.69, 9.17) is 4.74 Å². The molecule has 1 aromatic carbocycles. The highest BCUT2D eigenvalue weighted by Crippen LogP contribution is 2.36. The minimum Gasteiger partial charge on any atom is -0.371 e. The molecule has 3 nitrogen and oxygen atoms in total. The van der Waals surface area contributed by atoms with E-state index < -0.39 is 17.8 Å². The lowest BCUT2D eigenvalue weighted by Crippen LogP contribution is -2.38. The van der Waals surface area contributed by atoms with Gasteiger partial charge >= 0.3 is 6.18 Å². The van der Waals surface area contributed by atoms with Gasteiger partial charge in [0.05, 0.1) is 24.0 Å². The van der Waals surface area contributed by atoms with Crippen molar-refractivity contribution in [2.45, 2.75) is 18.8 Å². The van der Waals surface area contributed by atoms with Crippen LogP contribution in [0.25, 0.3) is 0 Å². The smallest absolute Gasteiger partial charge is 0.371 e. The van der Waals surface area contributed by atoms with Crippen molar-refractivity contribution in [2.24, 2.45) is 0 Å². The lowest BCUT2D eigenvalue weighted by atomic mass is 10.0. The van der Waals surface area contributed by atoms with Crippen molar-refractivity contribution in [1.82, 2.24) is 9.88 Å². The number of rotatable bonds is 3. The summed E-state index contributed by atoms with van der Waals surface area (Å²) in [6.07, 6.45) is -3.24. The number of ether oxygens (including phenoxy) is 1. The number of benzene rings is 1. The first-order chi connectivity index (χ1) is 11.0. The molecule has 1 fully saturated rings. The second-order valence-corrected chi connectivity index (χ2v) is 5.50. The van der Waals surface area contributed by atoms with Gasteiger partial charge < -0.3 is 4.74 Å². The number of alkyl halides is 3. The van der Waals surface area contributed by atoms with E-state index in [-0.39, 0.29) is 5.56 Å². The molecule has 1 aliphatic rings. The summed E-state index contributed by atoms with van der Waals surface area (Å²) >= 11 is 0. The Morgan fingerprint density at radius 2 is 1.91 bits per heavy atom. The maximum atomic E-state index is 13.2. The highest BCUT2D eigenvalue weighted by atomic mass is 19.4. The summed E-state index contributed by atoms with van der Waals surface area (Å²) in [5.74, 6) is 0. The van der Waals surface area contributed by atoms with Gasteiger partial charge in [0.1, 0.15) is 0 Å². The Hall–Kier alpha value is -1.92. The van der Waals surface area contributed by atoms with Crippen LogP contribution in [0.4, 0.5) is 13.2 Å².